The minimum absolute atomic E-state index is 0.293. The first-order chi connectivity index (χ1) is 18.9. The fourth-order valence-electron chi connectivity index (χ4n) is 3.93. The molecule has 0 saturated heterocycles. The van der Waals surface area contributed by atoms with E-state index in [0.29, 0.717) is 46.6 Å². The second kappa shape index (κ2) is 12.5. The highest BCUT2D eigenvalue weighted by atomic mass is 16.5. The molecule has 0 saturated carbocycles. The van der Waals surface area contributed by atoms with Crippen molar-refractivity contribution in [2.45, 2.75) is 13.5 Å². The predicted octanol–water partition coefficient (Wildman–Crippen LogP) is 4.92. The Hall–Kier alpha value is -5.05. The van der Waals surface area contributed by atoms with Gasteiger partial charge in [-0.05, 0) is 53.6 Å². The Morgan fingerprint density at radius 2 is 1.51 bits per heavy atom. The van der Waals surface area contributed by atoms with E-state index in [2.05, 4.69) is 34.0 Å². The third-order valence-corrected chi connectivity index (χ3v) is 6.03. The van der Waals surface area contributed by atoms with Crippen LogP contribution in [-0.2, 0) is 16.2 Å². The van der Waals surface area contributed by atoms with E-state index in [1.807, 2.05) is 24.3 Å². The molecule has 0 bridgehead atoms. The lowest BCUT2D eigenvalue weighted by Gasteiger charge is -2.13. The van der Waals surface area contributed by atoms with Gasteiger partial charge in [0, 0.05) is 11.6 Å². The van der Waals surface area contributed by atoms with Crippen molar-refractivity contribution in [1.82, 2.24) is 5.43 Å². The summed E-state index contributed by atoms with van der Waals surface area (Å²) in [6.45, 7) is 2.07. The number of carbonyl (C=O) groups excluding carboxylic acids is 2. The quantitative estimate of drug-likeness (QED) is 0.182. The fraction of sp³-hybridized carbons (Fsp3) is 0.167. The standard InChI is InChI=1S/C30H29N3O6/c1-19(32-33-30(35)29(34)31-25-17-23(36-2)13-15-26(25)37-3)21-12-14-27(28(16-21)38-4)39-18-22-10-7-9-20-8-5-6-11-24(20)22/h5-17H,18H2,1-4H3,(H,31,34)(H,33,35)/b32-19+. The van der Waals surface area contributed by atoms with Gasteiger partial charge in [-0.1, -0.05) is 42.5 Å². The monoisotopic (exact) mass is 527 g/mol. The number of anilines is 1. The molecule has 9 heteroatoms. The smallest absolute Gasteiger partial charge is 0.329 e. The second-order valence-electron chi connectivity index (χ2n) is 8.45. The normalized spacial score (nSPS) is 11.0. The number of nitrogens with zero attached hydrogens (tertiary/aromatic N) is 1. The number of ether oxygens (including phenoxy) is 4. The van der Waals surface area contributed by atoms with Crippen LogP contribution < -0.4 is 29.7 Å². The van der Waals surface area contributed by atoms with E-state index in [-0.39, 0.29) is 0 Å². The van der Waals surface area contributed by atoms with Crippen LogP contribution in [0.25, 0.3) is 10.8 Å². The zero-order chi connectivity index (χ0) is 27.8. The summed E-state index contributed by atoms with van der Waals surface area (Å²) in [5.41, 5.74) is 4.78. The fourth-order valence-corrected chi connectivity index (χ4v) is 3.93. The maximum Gasteiger partial charge on any atom is 0.329 e. The molecule has 4 aromatic carbocycles. The van der Waals surface area contributed by atoms with Crippen molar-refractivity contribution >= 4 is 34.0 Å². The minimum Gasteiger partial charge on any atom is -0.497 e. The van der Waals surface area contributed by atoms with E-state index in [1.165, 1.54) is 14.2 Å². The van der Waals surface area contributed by atoms with Crippen molar-refractivity contribution in [3.05, 3.63) is 90.0 Å². The van der Waals surface area contributed by atoms with Crippen LogP contribution in [0.15, 0.2) is 84.0 Å². The summed E-state index contributed by atoms with van der Waals surface area (Å²) in [5, 5.41) is 8.84. The molecule has 0 aliphatic carbocycles. The number of methoxy groups -OCH3 is 3. The Labute approximate surface area is 226 Å². The maximum absolute atomic E-state index is 12.4. The first kappa shape index (κ1) is 27.0. The van der Waals surface area contributed by atoms with Crippen LogP contribution in [0.1, 0.15) is 18.1 Å². The predicted molar refractivity (Wildman–Crippen MR) is 150 cm³/mol. The third-order valence-electron chi connectivity index (χ3n) is 6.03. The van der Waals surface area contributed by atoms with Crippen LogP contribution >= 0.6 is 0 Å². The molecule has 0 aliphatic rings. The Kier molecular flexibility index (Phi) is 8.63. The highest BCUT2D eigenvalue weighted by Gasteiger charge is 2.17. The summed E-state index contributed by atoms with van der Waals surface area (Å²) >= 11 is 0. The van der Waals surface area contributed by atoms with Gasteiger partial charge in [-0.3, -0.25) is 9.59 Å². The van der Waals surface area contributed by atoms with E-state index in [4.69, 9.17) is 18.9 Å². The number of hydrogen-bond acceptors (Lipinski definition) is 7. The van der Waals surface area contributed by atoms with E-state index in [9.17, 15) is 9.59 Å². The van der Waals surface area contributed by atoms with Crippen LogP contribution in [0.3, 0.4) is 0 Å². The molecule has 4 rings (SSSR count). The molecule has 9 nitrogen and oxygen atoms in total. The zero-order valence-corrected chi connectivity index (χ0v) is 22.1. The molecular weight excluding hydrogens is 498 g/mol. The zero-order valence-electron chi connectivity index (χ0n) is 22.1. The molecule has 0 fully saturated rings. The van der Waals surface area contributed by atoms with Gasteiger partial charge in [0.15, 0.2) is 11.5 Å². The van der Waals surface area contributed by atoms with Crippen molar-refractivity contribution < 1.29 is 28.5 Å². The average molecular weight is 528 g/mol. The Balaban J connectivity index is 1.42. The number of nitrogens with one attached hydrogen (secondary N) is 2. The van der Waals surface area contributed by atoms with Crippen molar-refractivity contribution in [3.63, 3.8) is 0 Å². The van der Waals surface area contributed by atoms with E-state index < -0.39 is 11.8 Å². The molecular formula is C30H29N3O6. The average Bonchev–Trinajstić information content (AvgIpc) is 2.98. The lowest BCUT2D eigenvalue weighted by atomic mass is 10.1. The number of fused-ring (bicyclic) bond motifs is 1. The van der Waals surface area contributed by atoms with Crippen LogP contribution in [0.5, 0.6) is 23.0 Å². The molecule has 0 radical (unpaired) electrons. The summed E-state index contributed by atoms with van der Waals surface area (Å²) < 4.78 is 22.0. The van der Waals surface area contributed by atoms with Crippen LogP contribution in [-0.4, -0.2) is 38.9 Å². The largest absolute Gasteiger partial charge is 0.497 e. The number of rotatable bonds is 9. The van der Waals surface area contributed by atoms with Gasteiger partial charge in [-0.15, -0.1) is 0 Å². The topological polar surface area (TPSA) is 107 Å². The van der Waals surface area contributed by atoms with Gasteiger partial charge in [-0.2, -0.15) is 5.10 Å². The first-order valence-corrected chi connectivity index (χ1v) is 12.1. The van der Waals surface area contributed by atoms with Crippen molar-refractivity contribution in [2.75, 3.05) is 26.6 Å². The number of benzene rings is 4. The van der Waals surface area contributed by atoms with E-state index in [1.54, 1.807) is 50.4 Å². The summed E-state index contributed by atoms with van der Waals surface area (Å²) in [4.78, 5) is 24.8. The van der Waals surface area contributed by atoms with Gasteiger partial charge in [0.1, 0.15) is 18.1 Å². The summed E-state index contributed by atoms with van der Waals surface area (Å²) in [7, 11) is 4.51. The van der Waals surface area contributed by atoms with Gasteiger partial charge in [0.05, 0.1) is 32.7 Å². The Bertz CT molecular complexity index is 1530. The first-order valence-electron chi connectivity index (χ1n) is 12.1. The van der Waals surface area contributed by atoms with Gasteiger partial charge < -0.3 is 24.3 Å². The van der Waals surface area contributed by atoms with Crippen molar-refractivity contribution in [3.8, 4) is 23.0 Å². The molecule has 0 aliphatic heterocycles. The van der Waals surface area contributed by atoms with Gasteiger partial charge in [0.25, 0.3) is 0 Å². The summed E-state index contributed by atoms with van der Waals surface area (Å²) in [6, 6.07) is 24.4. The SMILES string of the molecule is COc1ccc(OC)c(NC(=O)C(=O)N/N=C(\C)c2ccc(OCc3cccc4ccccc34)c(OC)c2)c1. The lowest BCUT2D eigenvalue weighted by Crippen LogP contribution is -2.33. The van der Waals surface area contributed by atoms with Crippen LogP contribution in [0, 0.1) is 0 Å². The van der Waals surface area contributed by atoms with E-state index in [0.717, 1.165) is 16.3 Å². The molecule has 0 aromatic heterocycles. The molecule has 0 spiro atoms. The number of carbonyl (C=O) groups is 2. The number of hydrazone groups is 1. The molecule has 0 atom stereocenters. The summed E-state index contributed by atoms with van der Waals surface area (Å²) in [6.07, 6.45) is 0. The second-order valence-corrected chi connectivity index (χ2v) is 8.45. The summed E-state index contributed by atoms with van der Waals surface area (Å²) in [5.74, 6) is 0.105. The Morgan fingerprint density at radius 1 is 0.769 bits per heavy atom. The van der Waals surface area contributed by atoms with Crippen LogP contribution in [0.2, 0.25) is 0 Å². The van der Waals surface area contributed by atoms with E-state index >= 15 is 0 Å². The van der Waals surface area contributed by atoms with Gasteiger partial charge >= 0.3 is 11.8 Å². The number of amides is 2. The number of hydrogen-bond donors (Lipinski definition) is 2. The molecule has 4 aromatic rings. The molecule has 200 valence electrons. The molecule has 2 amide bonds. The Morgan fingerprint density at radius 3 is 2.28 bits per heavy atom. The molecule has 0 unspecified atom stereocenters. The minimum atomic E-state index is -0.943. The molecule has 2 N–H and O–H groups in total. The van der Waals surface area contributed by atoms with Crippen LogP contribution in [0.4, 0.5) is 5.69 Å². The molecule has 39 heavy (non-hydrogen) atoms. The molecule has 0 heterocycles. The third kappa shape index (κ3) is 6.45. The highest BCUT2D eigenvalue weighted by Crippen LogP contribution is 2.30. The lowest BCUT2D eigenvalue weighted by molar-refractivity contribution is -0.136. The maximum atomic E-state index is 12.4. The van der Waals surface area contributed by atoms with Gasteiger partial charge in [-0.25, -0.2) is 5.43 Å². The van der Waals surface area contributed by atoms with Crippen molar-refractivity contribution in [1.29, 1.82) is 0 Å². The van der Waals surface area contributed by atoms with Gasteiger partial charge in [0.2, 0.25) is 0 Å². The highest BCUT2D eigenvalue weighted by molar-refractivity contribution is 6.39. The van der Waals surface area contributed by atoms with Crippen molar-refractivity contribution in [2.24, 2.45) is 5.10 Å².